The van der Waals surface area contributed by atoms with E-state index < -0.39 is 10.0 Å². The zero-order valence-electron chi connectivity index (χ0n) is 12.3. The van der Waals surface area contributed by atoms with Crippen LogP contribution in [0.15, 0.2) is 23.1 Å². The summed E-state index contributed by atoms with van der Waals surface area (Å²) in [7, 11) is -3.61. The zero-order valence-corrected chi connectivity index (χ0v) is 13.2. The molecule has 0 atom stereocenters. The molecule has 1 saturated heterocycles. The van der Waals surface area contributed by atoms with E-state index in [9.17, 15) is 8.42 Å². The molecule has 0 aromatic heterocycles. The highest BCUT2D eigenvalue weighted by molar-refractivity contribution is 7.89. The van der Waals surface area contributed by atoms with Crippen molar-refractivity contribution in [1.82, 2.24) is 9.62 Å². The van der Waals surface area contributed by atoms with Crippen molar-refractivity contribution in [3.63, 3.8) is 0 Å². The normalized spacial score (nSPS) is 16.2. The molecule has 1 fully saturated rings. The van der Waals surface area contributed by atoms with Gasteiger partial charge in [0.1, 0.15) is 10.6 Å². The summed E-state index contributed by atoms with van der Waals surface area (Å²) in [5.74, 6) is 0.334. The van der Waals surface area contributed by atoms with Crippen LogP contribution in [0.25, 0.3) is 0 Å². The second-order valence-electron chi connectivity index (χ2n) is 5.09. The number of sulfonamides is 1. The number of nitrogens with zero attached hydrogens (tertiary/aromatic N) is 1. The topological polar surface area (TPSA) is 84.7 Å². The number of hydrogen-bond donors (Lipinski definition) is 2. The maximum Gasteiger partial charge on any atom is 0.244 e. The van der Waals surface area contributed by atoms with Gasteiger partial charge in [0.25, 0.3) is 0 Å². The third kappa shape index (κ3) is 4.33. The number of nitrogen functional groups attached to an aromatic ring is 1. The summed E-state index contributed by atoms with van der Waals surface area (Å²) in [6, 6.07) is 4.66. The summed E-state index contributed by atoms with van der Waals surface area (Å²) in [6.45, 7) is 5.43. The second-order valence-corrected chi connectivity index (χ2v) is 6.82. The number of rotatable bonds is 7. The van der Waals surface area contributed by atoms with E-state index in [1.165, 1.54) is 18.9 Å². The molecule has 0 spiro atoms. The molecular weight excluding hydrogens is 290 g/mol. The van der Waals surface area contributed by atoms with Crippen molar-refractivity contribution >= 4 is 15.7 Å². The van der Waals surface area contributed by atoms with E-state index in [1.807, 2.05) is 6.92 Å². The van der Waals surface area contributed by atoms with Crippen LogP contribution in [0, 0.1) is 0 Å². The van der Waals surface area contributed by atoms with E-state index in [4.69, 9.17) is 10.5 Å². The van der Waals surface area contributed by atoms with Crippen molar-refractivity contribution in [3.05, 3.63) is 18.2 Å². The lowest BCUT2D eigenvalue weighted by atomic mass is 10.3. The van der Waals surface area contributed by atoms with E-state index in [2.05, 4.69) is 9.62 Å². The number of likely N-dealkylation sites (tertiary alicyclic amines) is 1. The Morgan fingerprint density at radius 2 is 2.05 bits per heavy atom. The Kier molecular flexibility index (Phi) is 5.44. The molecule has 2 rings (SSSR count). The Morgan fingerprint density at radius 3 is 2.71 bits per heavy atom. The van der Waals surface area contributed by atoms with E-state index >= 15 is 0 Å². The molecular formula is C14H23N3O3S. The number of ether oxygens (including phenoxy) is 1. The van der Waals surface area contributed by atoms with Crippen LogP contribution in [-0.4, -0.2) is 46.1 Å². The summed E-state index contributed by atoms with van der Waals surface area (Å²) in [6.07, 6.45) is 2.38. The van der Waals surface area contributed by atoms with Gasteiger partial charge in [-0.25, -0.2) is 13.1 Å². The fourth-order valence-electron chi connectivity index (χ4n) is 2.43. The van der Waals surface area contributed by atoms with E-state index in [-0.39, 0.29) is 4.90 Å². The predicted octanol–water partition coefficient (Wildman–Crippen LogP) is 1.04. The van der Waals surface area contributed by atoms with Gasteiger partial charge in [-0.3, -0.25) is 0 Å². The van der Waals surface area contributed by atoms with Crippen molar-refractivity contribution < 1.29 is 13.2 Å². The lowest BCUT2D eigenvalue weighted by Crippen LogP contribution is -2.33. The molecule has 3 N–H and O–H groups in total. The van der Waals surface area contributed by atoms with Crippen molar-refractivity contribution in [2.45, 2.75) is 24.7 Å². The molecule has 21 heavy (non-hydrogen) atoms. The van der Waals surface area contributed by atoms with Gasteiger partial charge in [-0.1, -0.05) is 0 Å². The van der Waals surface area contributed by atoms with Crippen LogP contribution in [0.2, 0.25) is 0 Å². The highest BCUT2D eigenvalue weighted by Gasteiger charge is 2.20. The van der Waals surface area contributed by atoms with Gasteiger partial charge >= 0.3 is 0 Å². The Balaban J connectivity index is 2.05. The van der Waals surface area contributed by atoms with Gasteiger partial charge in [0.2, 0.25) is 10.0 Å². The molecule has 0 amide bonds. The van der Waals surface area contributed by atoms with Crippen molar-refractivity contribution in [3.8, 4) is 5.75 Å². The van der Waals surface area contributed by atoms with E-state index in [0.717, 1.165) is 19.6 Å². The smallest absolute Gasteiger partial charge is 0.244 e. The van der Waals surface area contributed by atoms with Crippen molar-refractivity contribution in [2.24, 2.45) is 0 Å². The molecule has 1 aromatic rings. The largest absolute Gasteiger partial charge is 0.492 e. The van der Waals surface area contributed by atoms with Crippen molar-refractivity contribution in [1.29, 1.82) is 0 Å². The van der Waals surface area contributed by atoms with Gasteiger partial charge in [-0.05, 0) is 51.1 Å². The van der Waals surface area contributed by atoms with Gasteiger partial charge in [0.05, 0.1) is 6.61 Å². The molecule has 0 saturated carbocycles. The van der Waals surface area contributed by atoms with Crippen LogP contribution in [-0.2, 0) is 10.0 Å². The summed E-state index contributed by atoms with van der Waals surface area (Å²) >= 11 is 0. The number of anilines is 1. The highest BCUT2D eigenvalue weighted by Crippen LogP contribution is 2.26. The molecule has 7 heteroatoms. The van der Waals surface area contributed by atoms with Crippen LogP contribution in [0.1, 0.15) is 19.8 Å². The Bertz CT molecular complexity index is 569. The summed E-state index contributed by atoms with van der Waals surface area (Å²) in [4.78, 5) is 2.36. The lowest BCUT2D eigenvalue weighted by Gasteiger charge is -2.16. The standard InChI is InChI=1S/C14H23N3O3S/c1-2-20-13-6-5-12(15)11-14(13)21(18,19)16-7-10-17-8-3-4-9-17/h5-6,11,16H,2-4,7-10,15H2,1H3. The first kappa shape index (κ1) is 16.1. The minimum atomic E-state index is -3.61. The molecule has 0 bridgehead atoms. The quantitative estimate of drug-likeness (QED) is 0.735. The van der Waals surface area contributed by atoms with Gasteiger partial charge in [-0.15, -0.1) is 0 Å². The fourth-order valence-corrected chi connectivity index (χ4v) is 3.63. The summed E-state index contributed by atoms with van der Waals surface area (Å²) in [5, 5.41) is 0. The number of hydrogen-bond acceptors (Lipinski definition) is 5. The summed E-state index contributed by atoms with van der Waals surface area (Å²) < 4.78 is 32.8. The zero-order chi connectivity index (χ0) is 15.3. The van der Waals surface area contributed by atoms with E-state index in [0.29, 0.717) is 24.6 Å². The SMILES string of the molecule is CCOc1ccc(N)cc1S(=O)(=O)NCCN1CCCC1. The Labute approximate surface area is 126 Å². The number of nitrogens with one attached hydrogen (secondary N) is 1. The first-order valence-corrected chi connectivity index (χ1v) is 8.75. The number of nitrogens with two attached hydrogens (primary N) is 1. The number of benzene rings is 1. The molecule has 0 radical (unpaired) electrons. The lowest BCUT2D eigenvalue weighted by molar-refractivity contribution is 0.330. The highest BCUT2D eigenvalue weighted by atomic mass is 32.2. The first-order valence-electron chi connectivity index (χ1n) is 7.27. The Morgan fingerprint density at radius 1 is 1.33 bits per heavy atom. The Hall–Kier alpha value is -1.31. The minimum Gasteiger partial charge on any atom is -0.492 e. The predicted molar refractivity (Wildman–Crippen MR) is 82.9 cm³/mol. The van der Waals surface area contributed by atoms with Gasteiger partial charge in [-0.2, -0.15) is 0 Å². The minimum absolute atomic E-state index is 0.103. The molecule has 1 aliphatic rings. The van der Waals surface area contributed by atoms with E-state index in [1.54, 1.807) is 12.1 Å². The summed E-state index contributed by atoms with van der Waals surface area (Å²) in [5.41, 5.74) is 6.09. The fraction of sp³-hybridized carbons (Fsp3) is 0.571. The van der Waals surface area contributed by atoms with Crippen LogP contribution < -0.4 is 15.2 Å². The average molecular weight is 313 g/mol. The van der Waals surface area contributed by atoms with Crippen LogP contribution in [0.4, 0.5) is 5.69 Å². The first-order chi connectivity index (χ1) is 10.0. The van der Waals surface area contributed by atoms with Gasteiger partial charge in [0.15, 0.2) is 0 Å². The van der Waals surface area contributed by atoms with Gasteiger partial charge in [0, 0.05) is 18.8 Å². The molecule has 1 heterocycles. The molecule has 0 aliphatic carbocycles. The molecule has 0 unspecified atom stereocenters. The third-order valence-electron chi connectivity index (χ3n) is 3.48. The van der Waals surface area contributed by atoms with Crippen LogP contribution in [0.3, 0.4) is 0 Å². The monoisotopic (exact) mass is 313 g/mol. The molecule has 118 valence electrons. The molecule has 6 nitrogen and oxygen atoms in total. The molecule has 1 aromatic carbocycles. The third-order valence-corrected chi connectivity index (χ3v) is 4.96. The molecule has 1 aliphatic heterocycles. The van der Waals surface area contributed by atoms with Crippen LogP contribution >= 0.6 is 0 Å². The average Bonchev–Trinajstić information content (AvgIpc) is 2.94. The van der Waals surface area contributed by atoms with Crippen LogP contribution in [0.5, 0.6) is 5.75 Å². The van der Waals surface area contributed by atoms with Crippen molar-refractivity contribution in [2.75, 3.05) is 38.5 Å². The maximum absolute atomic E-state index is 12.4. The maximum atomic E-state index is 12.4. The van der Waals surface area contributed by atoms with Gasteiger partial charge < -0.3 is 15.4 Å². The second kappa shape index (κ2) is 7.11.